The Hall–Kier alpha value is -1.89. The number of aromatic nitrogens is 2. The number of thioether (sulfide) groups is 1. The molecule has 1 aromatic heterocycles. The molecule has 0 aliphatic carbocycles. The van der Waals surface area contributed by atoms with Crippen LogP contribution >= 0.6 is 11.8 Å². The number of nitrogens with zero attached hydrogens (tertiary/aromatic N) is 2. The summed E-state index contributed by atoms with van der Waals surface area (Å²) >= 11 is 1.05. The second-order valence-electron chi connectivity index (χ2n) is 4.73. The van der Waals surface area contributed by atoms with E-state index in [4.69, 9.17) is 0 Å². The van der Waals surface area contributed by atoms with Gasteiger partial charge in [0, 0.05) is 23.5 Å². The molecule has 1 N–H and O–H groups in total. The molecule has 7 heteroatoms. The molecular formula is C14H12F3N3S. The van der Waals surface area contributed by atoms with Crippen molar-refractivity contribution >= 4 is 17.6 Å². The number of aryl methyl sites for hydroxylation is 1. The van der Waals surface area contributed by atoms with Gasteiger partial charge in [-0.25, -0.2) is 4.39 Å². The summed E-state index contributed by atoms with van der Waals surface area (Å²) in [6.45, 7) is 1.84. The Morgan fingerprint density at radius 1 is 1.29 bits per heavy atom. The van der Waals surface area contributed by atoms with E-state index in [1.807, 2.05) is 6.92 Å². The number of halogens is 3. The van der Waals surface area contributed by atoms with Crippen molar-refractivity contribution in [1.29, 1.82) is 0 Å². The monoisotopic (exact) mass is 311 g/mol. The molecule has 0 spiro atoms. The van der Waals surface area contributed by atoms with Gasteiger partial charge in [0.05, 0.1) is 10.8 Å². The number of rotatable bonds is 3. The van der Waals surface area contributed by atoms with E-state index >= 15 is 0 Å². The van der Waals surface area contributed by atoms with Gasteiger partial charge in [0.2, 0.25) is 0 Å². The molecule has 0 amide bonds. The quantitative estimate of drug-likeness (QED) is 0.930. The number of hydrogen-bond donors (Lipinski definition) is 1. The Kier molecular flexibility index (Phi) is 3.44. The molecule has 1 aliphatic rings. The van der Waals surface area contributed by atoms with Crippen LogP contribution in [0.4, 0.5) is 19.0 Å². The van der Waals surface area contributed by atoms with Crippen LogP contribution in [-0.2, 0) is 5.92 Å². The first-order chi connectivity index (χ1) is 9.96. The Balaban J connectivity index is 1.87. The van der Waals surface area contributed by atoms with Crippen LogP contribution in [0.2, 0.25) is 0 Å². The van der Waals surface area contributed by atoms with Gasteiger partial charge >= 0.3 is 5.92 Å². The van der Waals surface area contributed by atoms with Crippen molar-refractivity contribution in [2.24, 2.45) is 0 Å². The number of anilines is 1. The fraction of sp³-hybridized carbons (Fsp3) is 0.214. The standard InChI is InChI=1S/C14H12F3N3S/c1-9-6-13(19-18-9)20-7-12(21-8-20)14(16,17)10-2-4-11(15)5-3-10/h2-7H,8H2,1H3,(H,18,19). The van der Waals surface area contributed by atoms with Crippen LogP contribution in [0.25, 0.3) is 0 Å². The number of H-pyrrole nitrogens is 1. The Labute approximate surface area is 123 Å². The van der Waals surface area contributed by atoms with E-state index < -0.39 is 11.7 Å². The third kappa shape index (κ3) is 2.65. The maximum atomic E-state index is 14.4. The van der Waals surface area contributed by atoms with E-state index in [1.165, 1.54) is 6.20 Å². The number of nitrogens with one attached hydrogen (secondary N) is 1. The minimum atomic E-state index is -3.14. The summed E-state index contributed by atoms with van der Waals surface area (Å²) in [4.78, 5) is 1.58. The normalized spacial score (nSPS) is 15.4. The summed E-state index contributed by atoms with van der Waals surface area (Å²) in [5.74, 6) is -2.70. The number of alkyl halides is 2. The van der Waals surface area contributed by atoms with E-state index in [-0.39, 0.29) is 10.5 Å². The Morgan fingerprint density at radius 3 is 2.62 bits per heavy atom. The van der Waals surface area contributed by atoms with Crippen molar-refractivity contribution in [3.05, 3.63) is 58.5 Å². The lowest BCUT2D eigenvalue weighted by Gasteiger charge is -2.16. The van der Waals surface area contributed by atoms with Crippen molar-refractivity contribution in [2.75, 3.05) is 10.8 Å². The summed E-state index contributed by atoms with van der Waals surface area (Å²) in [5.41, 5.74) is 0.643. The molecule has 1 aliphatic heterocycles. The van der Waals surface area contributed by atoms with E-state index in [2.05, 4.69) is 10.2 Å². The van der Waals surface area contributed by atoms with Crippen molar-refractivity contribution < 1.29 is 13.2 Å². The predicted molar refractivity (Wildman–Crippen MR) is 76.6 cm³/mol. The van der Waals surface area contributed by atoms with Crippen LogP contribution in [0.1, 0.15) is 11.3 Å². The molecule has 0 atom stereocenters. The third-order valence-corrected chi connectivity index (χ3v) is 4.22. The summed E-state index contributed by atoms with van der Waals surface area (Å²) in [5, 5.41) is 6.82. The van der Waals surface area contributed by atoms with E-state index in [0.29, 0.717) is 11.7 Å². The van der Waals surface area contributed by atoms with Gasteiger partial charge in [-0.3, -0.25) is 5.10 Å². The zero-order chi connectivity index (χ0) is 15.0. The molecule has 110 valence electrons. The molecule has 0 fully saturated rings. The average Bonchev–Trinajstić information content (AvgIpc) is 3.08. The highest BCUT2D eigenvalue weighted by Gasteiger charge is 2.40. The molecule has 0 radical (unpaired) electrons. The molecular weight excluding hydrogens is 299 g/mol. The van der Waals surface area contributed by atoms with Gasteiger partial charge < -0.3 is 4.90 Å². The molecule has 2 aromatic rings. The SMILES string of the molecule is Cc1cc(N2C=C(C(F)(F)c3ccc(F)cc3)SC2)n[nH]1. The molecule has 0 saturated carbocycles. The van der Waals surface area contributed by atoms with Gasteiger partial charge in [-0.1, -0.05) is 0 Å². The number of hydrogen-bond acceptors (Lipinski definition) is 3. The second kappa shape index (κ2) is 5.14. The van der Waals surface area contributed by atoms with E-state index in [1.54, 1.807) is 11.0 Å². The maximum Gasteiger partial charge on any atom is 0.305 e. The third-order valence-electron chi connectivity index (χ3n) is 3.14. The highest BCUT2D eigenvalue weighted by Crippen LogP contribution is 2.45. The fourth-order valence-electron chi connectivity index (χ4n) is 2.01. The zero-order valence-electron chi connectivity index (χ0n) is 11.1. The number of benzene rings is 1. The molecule has 21 heavy (non-hydrogen) atoms. The summed E-state index contributed by atoms with van der Waals surface area (Å²) in [7, 11) is 0. The lowest BCUT2D eigenvalue weighted by atomic mass is 10.1. The summed E-state index contributed by atoms with van der Waals surface area (Å²) in [6, 6.07) is 6.09. The molecule has 1 aromatic carbocycles. The highest BCUT2D eigenvalue weighted by molar-refractivity contribution is 8.03. The fourth-order valence-corrected chi connectivity index (χ4v) is 3.00. The molecule has 0 unspecified atom stereocenters. The minimum Gasteiger partial charge on any atom is -0.320 e. The maximum absolute atomic E-state index is 14.4. The van der Waals surface area contributed by atoms with Crippen LogP contribution in [0.5, 0.6) is 0 Å². The van der Waals surface area contributed by atoms with Gasteiger partial charge in [-0.15, -0.1) is 11.8 Å². The molecule has 2 heterocycles. The van der Waals surface area contributed by atoms with Crippen LogP contribution in [0, 0.1) is 12.7 Å². The van der Waals surface area contributed by atoms with Crippen molar-refractivity contribution in [2.45, 2.75) is 12.8 Å². The van der Waals surface area contributed by atoms with Crippen LogP contribution in [-0.4, -0.2) is 16.1 Å². The van der Waals surface area contributed by atoms with Crippen molar-refractivity contribution in [1.82, 2.24) is 10.2 Å². The number of allylic oxidation sites excluding steroid dienone is 1. The Bertz CT molecular complexity index is 679. The van der Waals surface area contributed by atoms with Crippen LogP contribution in [0.15, 0.2) is 41.4 Å². The predicted octanol–water partition coefficient (Wildman–Crippen LogP) is 4.00. The van der Waals surface area contributed by atoms with Gasteiger partial charge in [0.15, 0.2) is 5.82 Å². The van der Waals surface area contributed by atoms with Gasteiger partial charge in [-0.05, 0) is 31.2 Å². The zero-order valence-corrected chi connectivity index (χ0v) is 11.9. The first kappa shape index (κ1) is 14.1. The second-order valence-corrected chi connectivity index (χ2v) is 5.71. The molecule has 3 nitrogen and oxygen atoms in total. The largest absolute Gasteiger partial charge is 0.320 e. The van der Waals surface area contributed by atoms with Crippen LogP contribution in [0.3, 0.4) is 0 Å². The Morgan fingerprint density at radius 2 is 2.00 bits per heavy atom. The number of aromatic amines is 1. The van der Waals surface area contributed by atoms with Crippen molar-refractivity contribution in [3.8, 4) is 0 Å². The molecule has 3 rings (SSSR count). The average molecular weight is 311 g/mol. The van der Waals surface area contributed by atoms with Gasteiger partial charge in [0.25, 0.3) is 0 Å². The first-order valence-corrected chi connectivity index (χ1v) is 7.23. The van der Waals surface area contributed by atoms with Gasteiger partial charge in [-0.2, -0.15) is 13.9 Å². The smallest absolute Gasteiger partial charge is 0.305 e. The van der Waals surface area contributed by atoms with Crippen LogP contribution < -0.4 is 4.90 Å². The summed E-state index contributed by atoms with van der Waals surface area (Å²) in [6.07, 6.45) is 1.39. The van der Waals surface area contributed by atoms with E-state index in [0.717, 1.165) is 41.7 Å². The highest BCUT2D eigenvalue weighted by atomic mass is 32.2. The molecule has 0 saturated heterocycles. The lowest BCUT2D eigenvalue weighted by Crippen LogP contribution is -2.15. The molecule has 0 bridgehead atoms. The first-order valence-electron chi connectivity index (χ1n) is 6.24. The van der Waals surface area contributed by atoms with Gasteiger partial charge in [0.1, 0.15) is 5.82 Å². The minimum absolute atomic E-state index is 0.0743. The van der Waals surface area contributed by atoms with Crippen molar-refractivity contribution in [3.63, 3.8) is 0 Å². The topological polar surface area (TPSA) is 31.9 Å². The lowest BCUT2D eigenvalue weighted by molar-refractivity contribution is 0.0477. The summed E-state index contributed by atoms with van der Waals surface area (Å²) < 4.78 is 41.7. The van der Waals surface area contributed by atoms with E-state index in [9.17, 15) is 13.2 Å².